The van der Waals surface area contributed by atoms with Gasteiger partial charge in [0.15, 0.2) is 5.16 Å². The number of ether oxygens (including phenoxy) is 1. The van der Waals surface area contributed by atoms with Crippen LogP contribution in [-0.2, 0) is 18.4 Å². The molecule has 1 spiro atoms. The average Bonchev–Trinajstić information content (AvgIpc) is 2.82. The van der Waals surface area contributed by atoms with Crippen molar-refractivity contribution in [2.75, 3.05) is 12.9 Å². The summed E-state index contributed by atoms with van der Waals surface area (Å²) >= 11 is 1.65. The molecular formula is C27H30N2O2S. The monoisotopic (exact) mass is 446 g/mol. The summed E-state index contributed by atoms with van der Waals surface area (Å²) in [4.78, 5) is 19.4. The zero-order valence-electron chi connectivity index (χ0n) is 18.9. The summed E-state index contributed by atoms with van der Waals surface area (Å²) in [7, 11) is 1.67. The minimum absolute atomic E-state index is 0.0803. The Morgan fingerprint density at radius 3 is 2.53 bits per heavy atom. The summed E-state index contributed by atoms with van der Waals surface area (Å²) in [5, 5.41) is 0.815. The Hall–Kier alpha value is -2.53. The Morgan fingerprint density at radius 1 is 1.06 bits per heavy atom. The lowest BCUT2D eigenvalue weighted by Gasteiger charge is -2.42. The Balaban J connectivity index is 1.70. The molecule has 4 nitrogen and oxygen atoms in total. The van der Waals surface area contributed by atoms with Gasteiger partial charge in [0, 0.05) is 11.0 Å². The second kappa shape index (κ2) is 8.78. The van der Waals surface area contributed by atoms with Crippen LogP contribution in [0.2, 0.25) is 0 Å². The third-order valence-corrected chi connectivity index (χ3v) is 7.91. The van der Waals surface area contributed by atoms with Crippen molar-refractivity contribution in [2.45, 2.75) is 62.6 Å². The number of nitrogens with zero attached hydrogens (tertiary/aromatic N) is 2. The lowest BCUT2D eigenvalue weighted by atomic mass is 9.62. The lowest BCUT2D eigenvalue weighted by Crippen LogP contribution is -2.43. The molecule has 0 aliphatic heterocycles. The normalized spacial score (nSPS) is 16.4. The quantitative estimate of drug-likeness (QED) is 0.365. The van der Waals surface area contributed by atoms with Crippen LogP contribution in [0.5, 0.6) is 5.75 Å². The maximum absolute atomic E-state index is 14.2. The number of fused-ring (bicyclic) bond motifs is 4. The Morgan fingerprint density at radius 2 is 1.81 bits per heavy atom. The first-order chi connectivity index (χ1) is 15.6. The first-order valence-electron chi connectivity index (χ1n) is 11.6. The molecule has 0 N–H and O–H groups in total. The molecule has 0 atom stereocenters. The van der Waals surface area contributed by atoms with Gasteiger partial charge in [-0.1, -0.05) is 74.3 Å². The molecule has 166 valence electrons. The van der Waals surface area contributed by atoms with Gasteiger partial charge >= 0.3 is 0 Å². The second-order valence-electron chi connectivity index (χ2n) is 8.97. The van der Waals surface area contributed by atoms with Gasteiger partial charge in [0.25, 0.3) is 5.56 Å². The van der Waals surface area contributed by atoms with Gasteiger partial charge in [-0.05, 0) is 48.3 Å². The number of rotatable bonds is 5. The van der Waals surface area contributed by atoms with Crippen molar-refractivity contribution in [3.63, 3.8) is 0 Å². The van der Waals surface area contributed by atoms with Gasteiger partial charge < -0.3 is 4.74 Å². The van der Waals surface area contributed by atoms with E-state index in [1.807, 2.05) is 28.8 Å². The number of methoxy groups -OCH3 is 1. The average molecular weight is 447 g/mol. The van der Waals surface area contributed by atoms with Crippen LogP contribution in [0.3, 0.4) is 0 Å². The highest BCUT2D eigenvalue weighted by Crippen LogP contribution is 2.48. The van der Waals surface area contributed by atoms with Crippen LogP contribution in [0.1, 0.15) is 55.7 Å². The number of thioether (sulfide) groups is 1. The second-order valence-corrected chi connectivity index (χ2v) is 10.2. The molecular weight excluding hydrogens is 416 g/mol. The van der Waals surface area contributed by atoms with Crippen molar-refractivity contribution in [1.29, 1.82) is 0 Å². The summed E-state index contributed by atoms with van der Waals surface area (Å²) in [6.07, 6.45) is 6.74. The zero-order chi connectivity index (χ0) is 22.1. The topological polar surface area (TPSA) is 44.1 Å². The van der Waals surface area contributed by atoms with Gasteiger partial charge in [-0.25, -0.2) is 4.98 Å². The van der Waals surface area contributed by atoms with E-state index >= 15 is 0 Å². The largest absolute Gasteiger partial charge is 0.497 e. The lowest BCUT2D eigenvalue weighted by molar-refractivity contribution is 0.282. The molecule has 1 saturated carbocycles. The van der Waals surface area contributed by atoms with E-state index in [9.17, 15) is 4.79 Å². The summed E-state index contributed by atoms with van der Waals surface area (Å²) < 4.78 is 7.22. The van der Waals surface area contributed by atoms with Crippen molar-refractivity contribution in [3.05, 3.63) is 75.6 Å². The maximum Gasteiger partial charge on any atom is 0.258 e. The van der Waals surface area contributed by atoms with E-state index in [2.05, 4.69) is 31.2 Å². The van der Waals surface area contributed by atoms with E-state index in [1.165, 1.54) is 24.8 Å². The van der Waals surface area contributed by atoms with Crippen molar-refractivity contribution in [2.24, 2.45) is 0 Å². The van der Waals surface area contributed by atoms with Crippen LogP contribution in [-0.4, -0.2) is 22.4 Å². The highest BCUT2D eigenvalue weighted by atomic mass is 32.2. The van der Waals surface area contributed by atoms with Gasteiger partial charge in [0.2, 0.25) is 0 Å². The van der Waals surface area contributed by atoms with Crippen LogP contribution in [0, 0.1) is 0 Å². The minimum Gasteiger partial charge on any atom is -0.497 e. The van der Waals surface area contributed by atoms with E-state index in [0.29, 0.717) is 6.54 Å². The molecule has 32 heavy (non-hydrogen) atoms. The molecule has 1 fully saturated rings. The van der Waals surface area contributed by atoms with Gasteiger partial charge in [0.1, 0.15) is 5.75 Å². The van der Waals surface area contributed by atoms with Crippen LogP contribution in [0.15, 0.2) is 58.5 Å². The van der Waals surface area contributed by atoms with E-state index in [-0.39, 0.29) is 11.0 Å². The van der Waals surface area contributed by atoms with E-state index in [4.69, 9.17) is 9.72 Å². The Labute approximate surface area is 194 Å². The van der Waals surface area contributed by atoms with E-state index in [0.717, 1.165) is 58.3 Å². The highest BCUT2D eigenvalue weighted by molar-refractivity contribution is 7.99. The number of aromatic nitrogens is 2. The fourth-order valence-electron chi connectivity index (χ4n) is 5.51. The van der Waals surface area contributed by atoms with Crippen molar-refractivity contribution in [1.82, 2.24) is 9.55 Å². The third-order valence-electron chi connectivity index (χ3n) is 7.05. The van der Waals surface area contributed by atoms with Crippen LogP contribution in [0.4, 0.5) is 0 Å². The molecule has 0 unspecified atom stereocenters. The van der Waals surface area contributed by atoms with Gasteiger partial charge in [0.05, 0.1) is 24.9 Å². The molecule has 0 saturated heterocycles. The third kappa shape index (κ3) is 3.66. The van der Waals surface area contributed by atoms with Gasteiger partial charge in [-0.15, -0.1) is 0 Å². The summed E-state index contributed by atoms with van der Waals surface area (Å²) in [6, 6.07) is 16.5. The summed E-state index contributed by atoms with van der Waals surface area (Å²) in [5.41, 5.74) is 5.54. The van der Waals surface area contributed by atoms with Crippen molar-refractivity contribution < 1.29 is 4.74 Å². The molecule has 0 bridgehead atoms. The zero-order valence-corrected chi connectivity index (χ0v) is 19.7. The van der Waals surface area contributed by atoms with E-state index in [1.54, 1.807) is 18.9 Å². The molecule has 2 aliphatic carbocycles. The minimum atomic E-state index is -0.0803. The predicted molar refractivity (Wildman–Crippen MR) is 131 cm³/mol. The highest BCUT2D eigenvalue weighted by Gasteiger charge is 2.43. The standard InChI is InChI=1S/C27H30N2O2S/c1-3-32-26-28-24-22-10-6-5-9-20(22)17-27(15-7-4-8-16-27)23(24)25(30)29(26)18-19-11-13-21(31-2)14-12-19/h5-6,9-14H,3-4,7-8,15-18H2,1-2H3. The smallest absolute Gasteiger partial charge is 0.258 e. The van der Waals surface area contributed by atoms with Crippen molar-refractivity contribution >= 4 is 11.8 Å². The Kier molecular flexibility index (Phi) is 5.85. The molecule has 1 heterocycles. The SMILES string of the molecule is CCSc1nc2c(c(=O)n1Cc1ccc(OC)cc1)C1(CCCCC1)Cc1ccccc1-2. The molecule has 0 radical (unpaired) electrons. The first-order valence-corrected chi connectivity index (χ1v) is 12.6. The molecule has 5 heteroatoms. The fourth-order valence-corrected chi connectivity index (χ4v) is 6.23. The molecule has 1 aromatic heterocycles. The predicted octanol–water partition coefficient (Wildman–Crippen LogP) is 5.84. The van der Waals surface area contributed by atoms with Crippen LogP contribution in [0.25, 0.3) is 11.3 Å². The van der Waals surface area contributed by atoms with Crippen LogP contribution >= 0.6 is 11.8 Å². The summed E-state index contributed by atoms with van der Waals surface area (Å²) in [5.74, 6) is 1.70. The number of benzene rings is 2. The fraction of sp³-hybridized carbons (Fsp3) is 0.407. The molecule has 3 aromatic rings. The number of hydrogen-bond acceptors (Lipinski definition) is 4. The van der Waals surface area contributed by atoms with Crippen LogP contribution < -0.4 is 10.3 Å². The first kappa shape index (κ1) is 21.3. The summed E-state index contributed by atoms with van der Waals surface area (Å²) in [6.45, 7) is 2.65. The molecule has 2 aromatic carbocycles. The van der Waals surface area contributed by atoms with Crippen molar-refractivity contribution in [3.8, 4) is 17.0 Å². The Bertz CT molecular complexity index is 1180. The number of hydrogen-bond donors (Lipinski definition) is 0. The van der Waals surface area contributed by atoms with E-state index < -0.39 is 0 Å². The van der Waals surface area contributed by atoms with Gasteiger partial charge in [-0.2, -0.15) is 0 Å². The molecule has 0 amide bonds. The molecule has 2 aliphatic rings. The van der Waals surface area contributed by atoms with Gasteiger partial charge in [-0.3, -0.25) is 9.36 Å². The maximum atomic E-state index is 14.2. The molecule has 5 rings (SSSR count).